The van der Waals surface area contributed by atoms with Crippen LogP contribution < -0.4 is 10.6 Å². The molecule has 5 nitrogen and oxygen atoms in total. The quantitative estimate of drug-likeness (QED) is 0.650. The molecule has 3 rings (SSSR count). The molecule has 2 N–H and O–H groups in total. The van der Waals surface area contributed by atoms with Crippen LogP contribution in [0.5, 0.6) is 0 Å². The Bertz CT molecular complexity index is 912. The molecule has 0 aliphatic carbocycles. The number of benzene rings is 2. The van der Waals surface area contributed by atoms with Gasteiger partial charge in [-0.2, -0.15) is 0 Å². The summed E-state index contributed by atoms with van der Waals surface area (Å²) in [6, 6.07) is 16.0. The number of aryl methyl sites for hydroxylation is 1. The van der Waals surface area contributed by atoms with E-state index in [0.717, 1.165) is 5.56 Å². The molecule has 3 aromatic rings. The lowest BCUT2D eigenvalue weighted by Crippen LogP contribution is -2.15. The van der Waals surface area contributed by atoms with Crippen molar-refractivity contribution < 1.29 is 4.79 Å². The zero-order chi connectivity index (χ0) is 18.5. The highest BCUT2D eigenvalue weighted by Crippen LogP contribution is 2.16. The Morgan fingerprint density at radius 1 is 0.962 bits per heavy atom. The SMILES string of the molecule is Cc1nc(NCc2ccc(Cl)cc2)cc(C(=O)Nc2ccc(Cl)cc2)n1. The summed E-state index contributed by atoms with van der Waals surface area (Å²) in [5.74, 6) is 0.772. The molecule has 0 fully saturated rings. The fourth-order valence-electron chi connectivity index (χ4n) is 2.30. The Morgan fingerprint density at radius 2 is 1.58 bits per heavy atom. The summed E-state index contributed by atoms with van der Waals surface area (Å²) >= 11 is 11.7. The van der Waals surface area contributed by atoms with Crippen LogP contribution in [-0.4, -0.2) is 15.9 Å². The predicted molar refractivity (Wildman–Crippen MR) is 105 cm³/mol. The molecule has 0 saturated heterocycles. The number of carbonyl (C=O) groups excluding carboxylic acids is 1. The minimum Gasteiger partial charge on any atom is -0.366 e. The van der Waals surface area contributed by atoms with Gasteiger partial charge in [-0.1, -0.05) is 35.3 Å². The Kier molecular flexibility index (Phi) is 5.71. The molecule has 2 aromatic carbocycles. The van der Waals surface area contributed by atoms with Gasteiger partial charge in [0.1, 0.15) is 17.3 Å². The molecule has 0 aliphatic rings. The number of aromatic nitrogens is 2. The zero-order valence-corrected chi connectivity index (χ0v) is 15.5. The fourth-order valence-corrected chi connectivity index (χ4v) is 2.55. The molecule has 132 valence electrons. The van der Waals surface area contributed by atoms with Crippen LogP contribution >= 0.6 is 23.2 Å². The first-order valence-corrected chi connectivity index (χ1v) is 8.66. The van der Waals surface area contributed by atoms with Crippen molar-refractivity contribution in [2.45, 2.75) is 13.5 Å². The van der Waals surface area contributed by atoms with E-state index in [1.165, 1.54) is 0 Å². The van der Waals surface area contributed by atoms with Gasteiger partial charge >= 0.3 is 0 Å². The lowest BCUT2D eigenvalue weighted by atomic mass is 10.2. The molecule has 1 amide bonds. The second kappa shape index (κ2) is 8.17. The summed E-state index contributed by atoms with van der Waals surface area (Å²) < 4.78 is 0. The molecule has 0 saturated carbocycles. The molecule has 0 unspecified atom stereocenters. The van der Waals surface area contributed by atoms with Crippen molar-refractivity contribution in [3.8, 4) is 0 Å². The first kappa shape index (κ1) is 18.2. The largest absolute Gasteiger partial charge is 0.366 e. The molecule has 0 atom stereocenters. The van der Waals surface area contributed by atoms with Crippen molar-refractivity contribution in [3.63, 3.8) is 0 Å². The van der Waals surface area contributed by atoms with E-state index < -0.39 is 0 Å². The maximum atomic E-state index is 12.4. The summed E-state index contributed by atoms with van der Waals surface area (Å²) in [4.78, 5) is 21.0. The van der Waals surface area contributed by atoms with E-state index in [1.807, 2.05) is 24.3 Å². The second-order valence-electron chi connectivity index (χ2n) is 5.63. The van der Waals surface area contributed by atoms with Crippen LogP contribution in [0.1, 0.15) is 21.9 Å². The van der Waals surface area contributed by atoms with Crippen LogP contribution in [0.15, 0.2) is 54.6 Å². The third-order valence-corrected chi connectivity index (χ3v) is 4.06. The summed E-state index contributed by atoms with van der Waals surface area (Å²) in [6.45, 7) is 2.30. The lowest BCUT2D eigenvalue weighted by molar-refractivity contribution is 0.102. The molecule has 1 heterocycles. The van der Waals surface area contributed by atoms with E-state index in [4.69, 9.17) is 23.2 Å². The van der Waals surface area contributed by atoms with Crippen molar-refractivity contribution in [2.75, 3.05) is 10.6 Å². The zero-order valence-electron chi connectivity index (χ0n) is 14.0. The maximum absolute atomic E-state index is 12.4. The molecular formula is C19H16Cl2N4O. The van der Waals surface area contributed by atoms with Crippen LogP contribution in [0.3, 0.4) is 0 Å². The van der Waals surface area contributed by atoms with E-state index in [1.54, 1.807) is 37.3 Å². The van der Waals surface area contributed by atoms with Gasteiger partial charge in [-0.05, 0) is 48.9 Å². The van der Waals surface area contributed by atoms with Gasteiger partial charge in [0.05, 0.1) is 0 Å². The normalized spacial score (nSPS) is 10.4. The molecule has 0 spiro atoms. The number of halogens is 2. The summed E-state index contributed by atoms with van der Waals surface area (Å²) in [7, 11) is 0. The third-order valence-electron chi connectivity index (χ3n) is 3.56. The minimum absolute atomic E-state index is 0.283. The van der Waals surface area contributed by atoms with Crippen LogP contribution in [0, 0.1) is 6.92 Å². The number of hydrogen-bond acceptors (Lipinski definition) is 4. The van der Waals surface area contributed by atoms with Crippen LogP contribution in [0.2, 0.25) is 10.0 Å². The van der Waals surface area contributed by atoms with Crippen molar-refractivity contribution in [1.29, 1.82) is 0 Å². The molecular weight excluding hydrogens is 371 g/mol. The highest BCUT2D eigenvalue weighted by molar-refractivity contribution is 6.30. The Hall–Kier alpha value is -2.63. The second-order valence-corrected chi connectivity index (χ2v) is 6.50. The smallest absolute Gasteiger partial charge is 0.274 e. The lowest BCUT2D eigenvalue weighted by Gasteiger charge is -2.09. The van der Waals surface area contributed by atoms with Crippen LogP contribution in [-0.2, 0) is 6.54 Å². The van der Waals surface area contributed by atoms with Gasteiger partial charge in [0.15, 0.2) is 0 Å². The van der Waals surface area contributed by atoms with Crippen molar-refractivity contribution in [1.82, 2.24) is 9.97 Å². The van der Waals surface area contributed by atoms with Gasteiger partial charge in [0.2, 0.25) is 0 Å². The Labute approximate surface area is 161 Å². The third kappa shape index (κ3) is 4.94. The molecule has 1 aromatic heterocycles. The average Bonchev–Trinajstić information content (AvgIpc) is 2.63. The number of hydrogen-bond donors (Lipinski definition) is 2. The summed E-state index contributed by atoms with van der Waals surface area (Å²) in [5.41, 5.74) is 1.98. The van der Waals surface area contributed by atoms with E-state index in [2.05, 4.69) is 20.6 Å². The van der Waals surface area contributed by atoms with Gasteiger partial charge in [0.25, 0.3) is 5.91 Å². The first-order chi connectivity index (χ1) is 12.5. The highest BCUT2D eigenvalue weighted by Gasteiger charge is 2.11. The summed E-state index contributed by atoms with van der Waals surface area (Å²) in [5, 5.41) is 7.28. The van der Waals surface area contributed by atoms with Gasteiger partial charge in [0, 0.05) is 28.3 Å². The number of carbonyl (C=O) groups is 1. The van der Waals surface area contributed by atoms with E-state index >= 15 is 0 Å². The Morgan fingerprint density at radius 3 is 2.23 bits per heavy atom. The molecule has 0 radical (unpaired) electrons. The van der Waals surface area contributed by atoms with Gasteiger partial charge < -0.3 is 10.6 Å². The van der Waals surface area contributed by atoms with E-state index in [9.17, 15) is 4.79 Å². The topological polar surface area (TPSA) is 66.9 Å². The number of nitrogens with one attached hydrogen (secondary N) is 2. The Balaban J connectivity index is 1.71. The predicted octanol–water partition coefficient (Wildman–Crippen LogP) is 4.96. The molecule has 26 heavy (non-hydrogen) atoms. The average molecular weight is 387 g/mol. The molecule has 7 heteroatoms. The highest BCUT2D eigenvalue weighted by atomic mass is 35.5. The standard InChI is InChI=1S/C19H16Cl2N4O/c1-12-23-17(19(26)25-16-8-6-15(21)7-9-16)10-18(24-12)22-11-13-2-4-14(20)5-3-13/h2-10H,11H2,1H3,(H,25,26)(H,22,23,24). The number of nitrogens with zero attached hydrogens (tertiary/aromatic N) is 2. The summed E-state index contributed by atoms with van der Waals surface area (Å²) in [6.07, 6.45) is 0. The first-order valence-electron chi connectivity index (χ1n) is 7.90. The van der Waals surface area contributed by atoms with Gasteiger partial charge in [-0.15, -0.1) is 0 Å². The maximum Gasteiger partial charge on any atom is 0.274 e. The number of rotatable bonds is 5. The number of anilines is 2. The van der Waals surface area contributed by atoms with Crippen LogP contribution in [0.4, 0.5) is 11.5 Å². The van der Waals surface area contributed by atoms with Crippen molar-refractivity contribution in [3.05, 3.63) is 81.7 Å². The fraction of sp³-hybridized carbons (Fsp3) is 0.105. The minimum atomic E-state index is -0.313. The van der Waals surface area contributed by atoms with Gasteiger partial charge in [-0.3, -0.25) is 4.79 Å². The van der Waals surface area contributed by atoms with Crippen molar-refractivity contribution in [2.24, 2.45) is 0 Å². The van der Waals surface area contributed by atoms with Crippen LogP contribution in [0.25, 0.3) is 0 Å². The monoisotopic (exact) mass is 386 g/mol. The molecule has 0 aliphatic heterocycles. The van der Waals surface area contributed by atoms with Crippen molar-refractivity contribution >= 4 is 40.6 Å². The molecule has 0 bridgehead atoms. The number of amides is 1. The van der Waals surface area contributed by atoms with E-state index in [-0.39, 0.29) is 11.6 Å². The van der Waals surface area contributed by atoms with E-state index in [0.29, 0.717) is 33.9 Å². The van der Waals surface area contributed by atoms with Gasteiger partial charge in [-0.25, -0.2) is 9.97 Å².